The van der Waals surface area contributed by atoms with Crippen molar-refractivity contribution in [1.82, 2.24) is 4.98 Å². The van der Waals surface area contributed by atoms with Crippen molar-refractivity contribution in [3.05, 3.63) is 52.8 Å². The fraction of sp³-hybridized carbons (Fsp3) is 0.0769. The van der Waals surface area contributed by atoms with Gasteiger partial charge >= 0.3 is 0 Å². The van der Waals surface area contributed by atoms with Crippen molar-refractivity contribution in [2.45, 2.75) is 0 Å². The Balaban J connectivity index is 0.00000147. The number of rotatable bonds is 2. The topological polar surface area (TPSA) is 73.0 Å². The zero-order valence-corrected chi connectivity index (χ0v) is 12.6. The molecular formula is C13H10IN3O3. The monoisotopic (exact) mass is 383 g/mol. The van der Waals surface area contributed by atoms with Crippen LogP contribution in [-0.4, -0.2) is 9.91 Å². The molecule has 2 aromatic heterocycles. The van der Waals surface area contributed by atoms with Crippen molar-refractivity contribution < 1.29 is 37.9 Å². The lowest BCUT2D eigenvalue weighted by Gasteiger charge is -1.91. The lowest BCUT2D eigenvalue weighted by Crippen LogP contribution is -3.00. The van der Waals surface area contributed by atoms with E-state index >= 15 is 0 Å². The van der Waals surface area contributed by atoms with Crippen LogP contribution in [0.5, 0.6) is 0 Å². The molecule has 0 N–H and O–H groups in total. The highest BCUT2D eigenvalue weighted by molar-refractivity contribution is 5.78. The summed E-state index contributed by atoms with van der Waals surface area (Å²) in [5.74, 6) is 0.455. The quantitative estimate of drug-likeness (QED) is 0.252. The summed E-state index contributed by atoms with van der Waals surface area (Å²) in [5, 5.41) is 10.7. The standard InChI is InChI=1S/C13H10N3O3.HI/c1-15-6-4-9(5-7-15)13-14-11-8-10(16(17)18)2-3-12(11)19-13;/h2-8H,1H3;1H/q+1;/p-1. The van der Waals surface area contributed by atoms with E-state index < -0.39 is 4.92 Å². The molecular weight excluding hydrogens is 373 g/mol. The van der Waals surface area contributed by atoms with Gasteiger partial charge in [-0.3, -0.25) is 10.1 Å². The average Bonchev–Trinajstić information content (AvgIpc) is 2.82. The van der Waals surface area contributed by atoms with Gasteiger partial charge in [-0.25, -0.2) is 9.55 Å². The van der Waals surface area contributed by atoms with Crippen molar-refractivity contribution in [1.29, 1.82) is 0 Å². The predicted molar refractivity (Wildman–Crippen MR) is 67.3 cm³/mol. The first-order valence-electron chi connectivity index (χ1n) is 5.64. The van der Waals surface area contributed by atoms with Gasteiger partial charge in [0.15, 0.2) is 18.0 Å². The lowest BCUT2D eigenvalue weighted by molar-refractivity contribution is -0.671. The molecule has 0 spiro atoms. The van der Waals surface area contributed by atoms with Crippen molar-refractivity contribution >= 4 is 16.8 Å². The second-order valence-corrected chi connectivity index (χ2v) is 4.18. The van der Waals surface area contributed by atoms with Crippen LogP contribution in [0, 0.1) is 10.1 Å². The molecule has 6 nitrogen and oxygen atoms in total. The molecule has 0 radical (unpaired) electrons. The molecule has 0 aliphatic rings. The smallest absolute Gasteiger partial charge is 0.271 e. The van der Waals surface area contributed by atoms with Crippen molar-refractivity contribution in [2.24, 2.45) is 7.05 Å². The Morgan fingerprint density at radius 2 is 1.95 bits per heavy atom. The average molecular weight is 383 g/mol. The molecule has 102 valence electrons. The third-order valence-corrected chi connectivity index (χ3v) is 2.81. The normalized spacial score (nSPS) is 10.2. The number of halogens is 1. The van der Waals surface area contributed by atoms with E-state index in [1.807, 2.05) is 36.1 Å². The first-order chi connectivity index (χ1) is 9.13. The number of fused-ring (bicyclic) bond motifs is 1. The summed E-state index contributed by atoms with van der Waals surface area (Å²) in [5.41, 5.74) is 1.86. The molecule has 0 amide bonds. The number of hydrogen-bond acceptors (Lipinski definition) is 4. The summed E-state index contributed by atoms with van der Waals surface area (Å²) in [6, 6.07) is 8.12. The lowest BCUT2D eigenvalue weighted by atomic mass is 10.3. The van der Waals surface area contributed by atoms with E-state index in [9.17, 15) is 10.1 Å². The predicted octanol–water partition coefficient (Wildman–Crippen LogP) is -0.769. The maximum Gasteiger partial charge on any atom is 0.271 e. The first-order valence-corrected chi connectivity index (χ1v) is 5.64. The third kappa shape index (κ3) is 2.62. The molecule has 0 saturated carbocycles. The Kier molecular flexibility index (Phi) is 3.98. The van der Waals surface area contributed by atoms with E-state index in [4.69, 9.17) is 4.42 Å². The molecule has 0 atom stereocenters. The molecule has 3 rings (SSSR count). The van der Waals surface area contributed by atoms with Crippen molar-refractivity contribution in [3.63, 3.8) is 0 Å². The second-order valence-electron chi connectivity index (χ2n) is 4.18. The number of benzene rings is 1. The minimum atomic E-state index is -0.448. The maximum atomic E-state index is 10.7. The summed E-state index contributed by atoms with van der Waals surface area (Å²) in [7, 11) is 1.92. The highest BCUT2D eigenvalue weighted by Gasteiger charge is 2.13. The van der Waals surface area contributed by atoms with Gasteiger partial charge in [0.25, 0.3) is 5.69 Å². The molecule has 0 aliphatic heterocycles. The van der Waals surface area contributed by atoms with Crippen LogP contribution in [0.1, 0.15) is 0 Å². The van der Waals surface area contributed by atoms with Gasteiger partial charge in [-0.2, -0.15) is 0 Å². The van der Waals surface area contributed by atoms with Gasteiger partial charge in [0, 0.05) is 29.8 Å². The van der Waals surface area contributed by atoms with Gasteiger partial charge in [0.2, 0.25) is 5.89 Å². The molecule has 0 fully saturated rings. The number of aryl methyl sites for hydroxylation is 1. The van der Waals surface area contributed by atoms with Gasteiger partial charge in [0.05, 0.1) is 4.92 Å². The fourth-order valence-electron chi connectivity index (χ4n) is 1.80. The minimum absolute atomic E-state index is 0. The molecule has 20 heavy (non-hydrogen) atoms. The summed E-state index contributed by atoms with van der Waals surface area (Å²) in [6.45, 7) is 0. The van der Waals surface area contributed by atoms with Crippen LogP contribution in [0.3, 0.4) is 0 Å². The molecule has 0 unspecified atom stereocenters. The van der Waals surface area contributed by atoms with Crippen molar-refractivity contribution in [3.8, 4) is 11.5 Å². The van der Waals surface area contributed by atoms with E-state index in [1.54, 1.807) is 6.07 Å². The summed E-state index contributed by atoms with van der Waals surface area (Å²) in [6.07, 6.45) is 3.76. The zero-order valence-electron chi connectivity index (χ0n) is 10.5. The van der Waals surface area contributed by atoms with Gasteiger partial charge in [-0.15, -0.1) is 0 Å². The Bertz CT molecular complexity index is 768. The molecule has 2 heterocycles. The molecule has 3 aromatic rings. The molecule has 1 aromatic carbocycles. The Morgan fingerprint density at radius 3 is 2.60 bits per heavy atom. The second kappa shape index (κ2) is 5.53. The summed E-state index contributed by atoms with van der Waals surface area (Å²) in [4.78, 5) is 14.5. The number of nitro benzene ring substituents is 1. The van der Waals surface area contributed by atoms with E-state index in [0.717, 1.165) is 5.56 Å². The van der Waals surface area contributed by atoms with E-state index in [-0.39, 0.29) is 29.7 Å². The Morgan fingerprint density at radius 1 is 1.25 bits per heavy atom. The molecule has 0 saturated heterocycles. The Hall–Kier alpha value is -2.03. The largest absolute Gasteiger partial charge is 1.00 e. The highest BCUT2D eigenvalue weighted by atomic mass is 127. The van der Waals surface area contributed by atoms with Crippen LogP contribution in [0.2, 0.25) is 0 Å². The maximum absolute atomic E-state index is 10.7. The number of non-ortho nitro benzene ring substituents is 1. The highest BCUT2D eigenvalue weighted by Crippen LogP contribution is 2.26. The number of aromatic nitrogens is 2. The SMILES string of the molecule is C[n+]1ccc(-c2nc3cc([N+](=O)[O-])ccc3o2)cc1.[I-]. The number of nitrogens with zero attached hydrogens (tertiary/aromatic N) is 3. The number of hydrogen-bond donors (Lipinski definition) is 0. The third-order valence-electron chi connectivity index (χ3n) is 2.81. The van der Waals surface area contributed by atoms with Crippen LogP contribution >= 0.6 is 0 Å². The van der Waals surface area contributed by atoms with Crippen LogP contribution in [0.15, 0.2) is 47.1 Å². The van der Waals surface area contributed by atoms with E-state index in [0.29, 0.717) is 17.0 Å². The number of pyridine rings is 1. The van der Waals surface area contributed by atoms with Gasteiger partial charge in [-0.1, -0.05) is 0 Å². The van der Waals surface area contributed by atoms with Gasteiger partial charge < -0.3 is 28.4 Å². The summed E-state index contributed by atoms with van der Waals surface area (Å²) >= 11 is 0. The molecule has 0 bridgehead atoms. The Labute approximate surface area is 131 Å². The van der Waals surface area contributed by atoms with Crippen LogP contribution < -0.4 is 28.5 Å². The van der Waals surface area contributed by atoms with Crippen molar-refractivity contribution in [2.75, 3.05) is 0 Å². The molecule has 7 heteroatoms. The minimum Gasteiger partial charge on any atom is -1.00 e. The van der Waals surface area contributed by atoms with Crippen LogP contribution in [0.4, 0.5) is 5.69 Å². The van der Waals surface area contributed by atoms with E-state index in [1.165, 1.54) is 12.1 Å². The van der Waals surface area contributed by atoms with Gasteiger partial charge in [0.1, 0.15) is 12.6 Å². The van der Waals surface area contributed by atoms with Crippen LogP contribution in [0.25, 0.3) is 22.6 Å². The first kappa shape index (κ1) is 14.4. The number of oxazole rings is 1. The number of nitro groups is 1. The van der Waals surface area contributed by atoms with E-state index in [2.05, 4.69) is 4.98 Å². The fourth-order valence-corrected chi connectivity index (χ4v) is 1.80. The van der Waals surface area contributed by atoms with Crippen LogP contribution in [-0.2, 0) is 7.05 Å². The summed E-state index contributed by atoms with van der Waals surface area (Å²) < 4.78 is 7.49. The van der Waals surface area contributed by atoms with Gasteiger partial charge in [-0.05, 0) is 6.07 Å². The zero-order chi connectivity index (χ0) is 13.4. The molecule has 0 aliphatic carbocycles.